The first-order valence-corrected chi connectivity index (χ1v) is 12.2. The van der Waals surface area contributed by atoms with E-state index in [1.54, 1.807) is 32.0 Å². The molecule has 0 fully saturated rings. The molecule has 0 spiro atoms. The summed E-state index contributed by atoms with van der Waals surface area (Å²) in [6, 6.07) is 31.7. The van der Waals surface area contributed by atoms with Crippen molar-refractivity contribution < 1.29 is 0 Å². The summed E-state index contributed by atoms with van der Waals surface area (Å²) < 4.78 is 2.13. The number of nitrogens with zero attached hydrogens (tertiary/aromatic N) is 7. The van der Waals surface area contributed by atoms with Crippen molar-refractivity contribution in [2.45, 2.75) is 13.8 Å². The van der Waals surface area contributed by atoms with Crippen molar-refractivity contribution in [3.05, 3.63) is 107 Å². The van der Waals surface area contributed by atoms with Crippen LogP contribution in [-0.4, -0.2) is 19.5 Å². The van der Waals surface area contributed by atoms with Crippen LogP contribution < -0.4 is 0 Å². The Kier molecular flexibility index (Phi) is 5.57. The summed E-state index contributed by atoms with van der Waals surface area (Å²) in [5.74, 6) is 1.67. The predicted molar refractivity (Wildman–Crippen MR) is 149 cm³/mol. The van der Waals surface area contributed by atoms with Gasteiger partial charge in [-0.2, -0.15) is 15.8 Å². The molecule has 0 aliphatic carbocycles. The third-order valence-corrected chi connectivity index (χ3v) is 6.68. The molecule has 4 aromatic carbocycles. The fraction of sp³-hybridized carbons (Fsp3) is 0.0625. The van der Waals surface area contributed by atoms with Crippen molar-refractivity contribution >= 4 is 21.8 Å². The van der Waals surface area contributed by atoms with Gasteiger partial charge in [0.05, 0.1) is 45.9 Å². The Hall–Kier alpha value is -5.84. The van der Waals surface area contributed by atoms with E-state index in [9.17, 15) is 15.8 Å². The Balaban J connectivity index is 1.60. The standard InChI is InChI=1S/C32H19N7/c1-19-36-20(2)38-32(37-19)27-10-8-26(14-25(27)18-35)39-30-6-4-3-5-28(30)29-9-7-23(15-31(29)39)24-12-21(16-33)11-22(13-24)17-34/h3-15H,1-2H3. The summed E-state index contributed by atoms with van der Waals surface area (Å²) in [4.78, 5) is 13.2. The number of hydrogen-bond donors (Lipinski definition) is 0. The highest BCUT2D eigenvalue weighted by Crippen LogP contribution is 2.36. The zero-order valence-corrected chi connectivity index (χ0v) is 21.1. The van der Waals surface area contributed by atoms with E-state index < -0.39 is 0 Å². The van der Waals surface area contributed by atoms with Crippen LogP contribution in [0, 0.1) is 47.8 Å². The summed E-state index contributed by atoms with van der Waals surface area (Å²) in [5.41, 5.74) is 6.41. The molecule has 0 aliphatic heterocycles. The van der Waals surface area contributed by atoms with Crippen LogP contribution in [0.3, 0.4) is 0 Å². The van der Waals surface area contributed by atoms with Gasteiger partial charge in [-0.3, -0.25) is 0 Å². The number of para-hydroxylation sites is 1. The number of rotatable bonds is 3. The van der Waals surface area contributed by atoms with Crippen molar-refractivity contribution in [1.29, 1.82) is 15.8 Å². The van der Waals surface area contributed by atoms with Crippen LogP contribution in [0.1, 0.15) is 28.3 Å². The van der Waals surface area contributed by atoms with Crippen LogP contribution in [-0.2, 0) is 0 Å². The first kappa shape index (κ1) is 23.6. The smallest absolute Gasteiger partial charge is 0.164 e. The number of aromatic nitrogens is 4. The van der Waals surface area contributed by atoms with Gasteiger partial charge in [-0.15, -0.1) is 0 Å². The van der Waals surface area contributed by atoms with Gasteiger partial charge >= 0.3 is 0 Å². The second-order valence-corrected chi connectivity index (χ2v) is 9.20. The first-order chi connectivity index (χ1) is 19.0. The summed E-state index contributed by atoms with van der Waals surface area (Å²) >= 11 is 0. The Labute approximate surface area is 224 Å². The van der Waals surface area contributed by atoms with E-state index in [1.807, 2.05) is 36.4 Å². The van der Waals surface area contributed by atoms with E-state index in [0.717, 1.165) is 38.6 Å². The van der Waals surface area contributed by atoms with Crippen LogP contribution in [0.5, 0.6) is 0 Å². The molecule has 0 unspecified atom stereocenters. The molecule has 7 nitrogen and oxygen atoms in total. The molecular formula is C32H19N7. The Morgan fingerprint density at radius 3 is 2.00 bits per heavy atom. The molecule has 2 aromatic heterocycles. The van der Waals surface area contributed by atoms with Crippen LogP contribution in [0.15, 0.2) is 78.9 Å². The lowest BCUT2D eigenvalue weighted by molar-refractivity contribution is 0.928. The maximum absolute atomic E-state index is 10.1. The van der Waals surface area contributed by atoms with Gasteiger partial charge in [-0.05, 0) is 73.5 Å². The molecule has 0 bridgehead atoms. The minimum Gasteiger partial charge on any atom is -0.309 e. The van der Waals surface area contributed by atoms with Crippen LogP contribution in [0.4, 0.5) is 0 Å². The van der Waals surface area contributed by atoms with Gasteiger partial charge in [-0.25, -0.2) is 15.0 Å². The number of benzene rings is 4. The lowest BCUT2D eigenvalue weighted by Crippen LogP contribution is -2.01. The molecule has 0 saturated heterocycles. The van der Waals surface area contributed by atoms with Crippen molar-refractivity contribution in [2.75, 3.05) is 0 Å². The van der Waals surface area contributed by atoms with Crippen molar-refractivity contribution in [3.8, 4) is 46.4 Å². The van der Waals surface area contributed by atoms with Crippen molar-refractivity contribution in [3.63, 3.8) is 0 Å². The highest BCUT2D eigenvalue weighted by Gasteiger charge is 2.16. The molecule has 0 radical (unpaired) electrons. The second-order valence-electron chi connectivity index (χ2n) is 9.20. The van der Waals surface area contributed by atoms with E-state index in [-0.39, 0.29) is 0 Å². The number of fused-ring (bicyclic) bond motifs is 3. The van der Waals surface area contributed by atoms with Crippen molar-refractivity contribution in [2.24, 2.45) is 0 Å². The van der Waals surface area contributed by atoms with E-state index in [0.29, 0.717) is 39.7 Å². The summed E-state index contributed by atoms with van der Waals surface area (Å²) in [6.45, 7) is 3.61. The maximum Gasteiger partial charge on any atom is 0.164 e. The number of hydrogen-bond acceptors (Lipinski definition) is 6. The average Bonchev–Trinajstić information content (AvgIpc) is 3.29. The van der Waals surface area contributed by atoms with E-state index in [4.69, 9.17) is 0 Å². The molecule has 0 amide bonds. The Morgan fingerprint density at radius 2 is 1.31 bits per heavy atom. The molecule has 182 valence electrons. The summed E-state index contributed by atoms with van der Waals surface area (Å²) in [6.07, 6.45) is 0. The number of nitriles is 3. The van der Waals surface area contributed by atoms with Gasteiger partial charge in [-0.1, -0.05) is 30.3 Å². The lowest BCUT2D eigenvalue weighted by atomic mass is 9.99. The van der Waals surface area contributed by atoms with E-state index in [1.165, 1.54) is 0 Å². The predicted octanol–water partition coefficient (Wildman–Crippen LogP) is 6.53. The normalized spacial score (nSPS) is 10.7. The van der Waals surface area contributed by atoms with Gasteiger partial charge < -0.3 is 4.57 Å². The molecule has 7 heteroatoms. The molecule has 0 atom stereocenters. The largest absolute Gasteiger partial charge is 0.309 e. The fourth-order valence-electron chi connectivity index (χ4n) is 5.05. The van der Waals surface area contributed by atoms with Crippen LogP contribution in [0.25, 0.3) is 50.0 Å². The summed E-state index contributed by atoms with van der Waals surface area (Å²) in [7, 11) is 0. The van der Waals surface area contributed by atoms with E-state index in [2.05, 4.69) is 62.0 Å². The highest BCUT2D eigenvalue weighted by molar-refractivity contribution is 6.10. The molecule has 39 heavy (non-hydrogen) atoms. The molecule has 0 saturated carbocycles. The van der Waals surface area contributed by atoms with Crippen LogP contribution >= 0.6 is 0 Å². The second kappa shape index (κ2) is 9.23. The van der Waals surface area contributed by atoms with E-state index >= 15 is 0 Å². The quantitative estimate of drug-likeness (QED) is 0.272. The minimum atomic E-state index is 0.433. The zero-order valence-electron chi connectivity index (χ0n) is 21.1. The molecule has 6 rings (SSSR count). The van der Waals surface area contributed by atoms with Crippen LogP contribution in [0.2, 0.25) is 0 Å². The minimum absolute atomic E-state index is 0.433. The van der Waals surface area contributed by atoms with Gasteiger partial charge in [0.1, 0.15) is 11.6 Å². The fourth-order valence-corrected chi connectivity index (χ4v) is 5.05. The topological polar surface area (TPSA) is 115 Å². The third kappa shape index (κ3) is 4.03. The van der Waals surface area contributed by atoms with Gasteiger partial charge in [0, 0.05) is 22.0 Å². The van der Waals surface area contributed by atoms with Gasteiger partial charge in [0.15, 0.2) is 5.82 Å². The Bertz CT molecular complexity index is 2030. The number of aryl methyl sites for hydroxylation is 2. The molecule has 0 aliphatic rings. The SMILES string of the molecule is Cc1nc(C)nc(-c2ccc(-n3c4ccccc4c4ccc(-c5cc(C#N)cc(C#N)c5)cc43)cc2C#N)n1. The third-order valence-electron chi connectivity index (χ3n) is 6.68. The molecule has 0 N–H and O–H groups in total. The maximum atomic E-state index is 10.1. The first-order valence-electron chi connectivity index (χ1n) is 12.2. The molecular weight excluding hydrogens is 482 g/mol. The van der Waals surface area contributed by atoms with Crippen molar-refractivity contribution in [1.82, 2.24) is 19.5 Å². The van der Waals surface area contributed by atoms with Gasteiger partial charge in [0.2, 0.25) is 0 Å². The monoisotopic (exact) mass is 501 g/mol. The Morgan fingerprint density at radius 1 is 0.615 bits per heavy atom. The lowest BCUT2D eigenvalue weighted by Gasteiger charge is -2.12. The summed E-state index contributed by atoms with van der Waals surface area (Å²) in [5, 5.41) is 31.1. The van der Waals surface area contributed by atoms with Gasteiger partial charge in [0.25, 0.3) is 0 Å². The zero-order chi connectivity index (χ0) is 27.1. The highest BCUT2D eigenvalue weighted by atomic mass is 15.0. The average molecular weight is 502 g/mol. The molecule has 2 heterocycles. The molecule has 6 aromatic rings.